The van der Waals surface area contributed by atoms with Crippen LogP contribution in [-0.4, -0.2) is 31.5 Å². The van der Waals surface area contributed by atoms with Crippen LogP contribution in [0.4, 0.5) is 0 Å². The molecule has 8 heteroatoms. The van der Waals surface area contributed by atoms with E-state index in [1.165, 1.54) is 18.0 Å². The van der Waals surface area contributed by atoms with Gasteiger partial charge in [0.15, 0.2) is 5.17 Å². The molecular formula is C19H16ClN3O3S. The number of carbonyl (C=O) groups excluding carboxylic acids is 1. The van der Waals surface area contributed by atoms with E-state index in [4.69, 9.17) is 21.1 Å². The van der Waals surface area contributed by atoms with Crippen molar-refractivity contribution < 1.29 is 14.3 Å². The van der Waals surface area contributed by atoms with Crippen molar-refractivity contribution in [3.05, 3.63) is 63.5 Å². The van der Waals surface area contributed by atoms with Crippen molar-refractivity contribution in [3.63, 3.8) is 0 Å². The van der Waals surface area contributed by atoms with E-state index in [0.717, 1.165) is 11.1 Å². The van der Waals surface area contributed by atoms with Crippen molar-refractivity contribution in [1.29, 1.82) is 0 Å². The molecule has 0 aromatic heterocycles. The molecule has 3 rings (SSSR count). The van der Waals surface area contributed by atoms with Crippen molar-refractivity contribution in [1.82, 2.24) is 5.32 Å². The molecule has 1 saturated heterocycles. The van der Waals surface area contributed by atoms with Gasteiger partial charge >= 0.3 is 0 Å². The maximum absolute atomic E-state index is 12.2. The van der Waals surface area contributed by atoms with Crippen molar-refractivity contribution in [3.8, 4) is 11.5 Å². The molecule has 1 aliphatic heterocycles. The molecule has 1 aliphatic rings. The molecule has 0 atom stereocenters. The van der Waals surface area contributed by atoms with Crippen LogP contribution in [0.15, 0.2) is 57.6 Å². The highest BCUT2D eigenvalue weighted by Crippen LogP contribution is 2.31. The number of thioether (sulfide) groups is 1. The number of nitrogens with one attached hydrogen (secondary N) is 1. The van der Waals surface area contributed by atoms with Crippen molar-refractivity contribution in [2.45, 2.75) is 0 Å². The van der Waals surface area contributed by atoms with Crippen LogP contribution in [0.5, 0.6) is 11.5 Å². The number of amidine groups is 1. The first-order valence-electron chi connectivity index (χ1n) is 7.89. The fraction of sp³-hybridized carbons (Fsp3) is 0.105. The predicted molar refractivity (Wildman–Crippen MR) is 110 cm³/mol. The summed E-state index contributed by atoms with van der Waals surface area (Å²) in [5.74, 6) is 1.04. The van der Waals surface area contributed by atoms with E-state index in [2.05, 4.69) is 15.5 Å². The molecule has 6 nitrogen and oxygen atoms in total. The van der Waals surface area contributed by atoms with Gasteiger partial charge in [0.2, 0.25) is 0 Å². The Morgan fingerprint density at radius 1 is 1.11 bits per heavy atom. The van der Waals surface area contributed by atoms with Gasteiger partial charge in [0, 0.05) is 22.2 Å². The van der Waals surface area contributed by atoms with Crippen LogP contribution in [0, 0.1) is 0 Å². The second-order valence-corrected chi connectivity index (χ2v) is 6.78. The zero-order valence-corrected chi connectivity index (χ0v) is 16.2. The molecule has 0 radical (unpaired) electrons. The third-order valence-corrected chi connectivity index (χ3v) is 4.87. The molecule has 1 heterocycles. The molecule has 2 aromatic carbocycles. The molecule has 0 saturated carbocycles. The molecule has 0 unspecified atom stereocenters. The average molecular weight is 402 g/mol. The van der Waals surface area contributed by atoms with E-state index >= 15 is 0 Å². The maximum Gasteiger partial charge on any atom is 0.264 e. The second kappa shape index (κ2) is 8.75. The highest BCUT2D eigenvalue weighted by molar-refractivity contribution is 8.18. The number of ether oxygens (including phenoxy) is 2. The Balaban J connectivity index is 1.77. The lowest BCUT2D eigenvalue weighted by Crippen LogP contribution is -2.19. The van der Waals surface area contributed by atoms with Gasteiger partial charge in [-0.15, -0.1) is 5.10 Å². The van der Waals surface area contributed by atoms with Gasteiger partial charge in [0.1, 0.15) is 11.5 Å². The summed E-state index contributed by atoms with van der Waals surface area (Å²) in [6.07, 6.45) is 3.27. The summed E-state index contributed by atoms with van der Waals surface area (Å²) in [6.45, 7) is 0. The van der Waals surface area contributed by atoms with Crippen LogP contribution in [0.3, 0.4) is 0 Å². The SMILES string of the molecule is COc1ccc(/C=C2/S/C(=N/N=C\c3ccccc3Cl)NC2=O)c(OC)c1. The van der Waals surface area contributed by atoms with Crippen molar-refractivity contribution in [2.75, 3.05) is 14.2 Å². The van der Waals surface area contributed by atoms with Gasteiger partial charge in [-0.1, -0.05) is 29.8 Å². The minimum atomic E-state index is -0.246. The van der Waals surface area contributed by atoms with Crippen molar-refractivity contribution >= 4 is 46.7 Å². The topological polar surface area (TPSA) is 72.3 Å². The Hall–Kier alpha value is -2.77. The summed E-state index contributed by atoms with van der Waals surface area (Å²) in [4.78, 5) is 12.7. The Bertz CT molecular complexity index is 957. The largest absolute Gasteiger partial charge is 0.497 e. The zero-order chi connectivity index (χ0) is 19.2. The maximum atomic E-state index is 12.2. The summed E-state index contributed by atoms with van der Waals surface area (Å²) in [6, 6.07) is 12.7. The number of hydrogen-bond donors (Lipinski definition) is 1. The third-order valence-electron chi connectivity index (χ3n) is 3.63. The number of amides is 1. The third kappa shape index (κ3) is 4.69. The Kier molecular flexibility index (Phi) is 6.16. The Labute approximate surface area is 165 Å². The number of nitrogens with zero attached hydrogens (tertiary/aromatic N) is 2. The fourth-order valence-electron chi connectivity index (χ4n) is 2.28. The van der Waals surface area contributed by atoms with Crippen LogP contribution in [0.1, 0.15) is 11.1 Å². The van der Waals surface area contributed by atoms with Crippen LogP contribution in [0.25, 0.3) is 6.08 Å². The van der Waals surface area contributed by atoms with Crippen LogP contribution in [0.2, 0.25) is 5.02 Å². The van der Waals surface area contributed by atoms with Gasteiger partial charge < -0.3 is 9.47 Å². The minimum Gasteiger partial charge on any atom is -0.497 e. The monoisotopic (exact) mass is 401 g/mol. The zero-order valence-electron chi connectivity index (χ0n) is 14.6. The molecule has 27 heavy (non-hydrogen) atoms. The fourth-order valence-corrected chi connectivity index (χ4v) is 3.23. The van der Waals surface area contributed by atoms with Crippen LogP contribution >= 0.6 is 23.4 Å². The first-order chi connectivity index (χ1) is 13.1. The van der Waals surface area contributed by atoms with E-state index in [1.807, 2.05) is 24.3 Å². The molecule has 0 bridgehead atoms. The van der Waals surface area contributed by atoms with E-state index in [1.54, 1.807) is 38.5 Å². The Morgan fingerprint density at radius 2 is 1.93 bits per heavy atom. The molecule has 0 spiro atoms. The number of carbonyl (C=O) groups is 1. The van der Waals surface area contributed by atoms with Gasteiger partial charge in [-0.3, -0.25) is 10.1 Å². The van der Waals surface area contributed by atoms with Crippen LogP contribution in [-0.2, 0) is 4.79 Å². The molecular weight excluding hydrogens is 386 g/mol. The first-order valence-corrected chi connectivity index (χ1v) is 9.08. The van der Waals surface area contributed by atoms with Gasteiger partial charge in [0.25, 0.3) is 5.91 Å². The van der Waals surface area contributed by atoms with Gasteiger partial charge in [-0.2, -0.15) is 5.10 Å². The van der Waals surface area contributed by atoms with Gasteiger partial charge in [-0.05, 0) is 36.0 Å². The van der Waals surface area contributed by atoms with E-state index in [-0.39, 0.29) is 5.91 Å². The van der Waals surface area contributed by atoms with Gasteiger partial charge in [-0.25, -0.2) is 0 Å². The lowest BCUT2D eigenvalue weighted by atomic mass is 10.1. The van der Waals surface area contributed by atoms with E-state index in [9.17, 15) is 4.79 Å². The molecule has 1 fully saturated rings. The summed E-state index contributed by atoms with van der Waals surface area (Å²) in [5.41, 5.74) is 1.51. The highest BCUT2D eigenvalue weighted by atomic mass is 35.5. The average Bonchev–Trinajstić information content (AvgIpc) is 3.03. The van der Waals surface area contributed by atoms with Crippen molar-refractivity contribution in [2.24, 2.45) is 10.2 Å². The number of hydrogen-bond acceptors (Lipinski definition) is 6. The first kappa shape index (κ1) is 19.0. The number of benzene rings is 2. The van der Waals surface area contributed by atoms with E-state index in [0.29, 0.717) is 26.6 Å². The van der Waals surface area contributed by atoms with E-state index < -0.39 is 0 Å². The molecule has 138 valence electrons. The standard InChI is InChI=1S/C19H16ClN3O3S/c1-25-14-8-7-12(16(10-14)26-2)9-17-18(24)22-19(27-17)23-21-11-13-5-3-4-6-15(13)20/h3-11H,1-2H3,(H,22,23,24)/b17-9+,21-11-. The normalized spacial score (nSPS) is 16.9. The molecule has 0 aliphatic carbocycles. The quantitative estimate of drug-likeness (QED) is 0.467. The summed E-state index contributed by atoms with van der Waals surface area (Å²) in [5, 5.41) is 11.7. The van der Waals surface area contributed by atoms with Crippen LogP contribution < -0.4 is 14.8 Å². The summed E-state index contributed by atoms with van der Waals surface area (Å²) in [7, 11) is 3.15. The predicted octanol–water partition coefficient (Wildman–Crippen LogP) is 3.95. The number of halogens is 1. The second-order valence-electron chi connectivity index (χ2n) is 5.34. The summed E-state index contributed by atoms with van der Waals surface area (Å²) >= 11 is 7.26. The summed E-state index contributed by atoms with van der Waals surface area (Å²) < 4.78 is 10.5. The number of methoxy groups -OCH3 is 2. The molecule has 1 amide bonds. The smallest absolute Gasteiger partial charge is 0.264 e. The lowest BCUT2D eigenvalue weighted by Gasteiger charge is -2.07. The minimum absolute atomic E-state index is 0.246. The van der Waals surface area contributed by atoms with Gasteiger partial charge in [0.05, 0.1) is 25.3 Å². The number of rotatable bonds is 5. The Morgan fingerprint density at radius 3 is 2.67 bits per heavy atom. The molecule has 2 aromatic rings. The lowest BCUT2D eigenvalue weighted by molar-refractivity contribution is -0.115. The highest BCUT2D eigenvalue weighted by Gasteiger charge is 2.24. The molecule has 1 N–H and O–H groups in total.